The highest BCUT2D eigenvalue weighted by Crippen LogP contribution is 1.75. The summed E-state index contributed by atoms with van der Waals surface area (Å²) in [5.74, 6) is 5.13. The lowest BCUT2D eigenvalue weighted by molar-refractivity contribution is 0.921. The molecule has 0 heterocycles. The van der Waals surface area contributed by atoms with Crippen molar-refractivity contribution in [1.29, 1.82) is 0 Å². The van der Waals surface area contributed by atoms with E-state index in [0.29, 0.717) is 6.54 Å². The number of nitrogens with one attached hydrogen (secondary N) is 1. The number of nitrogens with two attached hydrogens (primary N) is 3. The van der Waals surface area contributed by atoms with Gasteiger partial charge in [-0.3, -0.25) is 10.3 Å². The van der Waals surface area contributed by atoms with E-state index in [4.69, 9.17) is 17.3 Å². The Kier molecular flexibility index (Phi) is 4.63. The molecule has 0 atom stereocenters. The van der Waals surface area contributed by atoms with Crippen LogP contribution in [0.2, 0.25) is 0 Å². The van der Waals surface area contributed by atoms with Crippen LogP contribution in [0.4, 0.5) is 0 Å². The van der Waals surface area contributed by atoms with E-state index < -0.39 is 0 Å². The maximum atomic E-state index is 5.36. The lowest BCUT2D eigenvalue weighted by atomic mass is 10.5. The van der Waals surface area contributed by atoms with E-state index in [-0.39, 0.29) is 11.9 Å². The van der Waals surface area contributed by atoms with Crippen LogP contribution in [0.1, 0.15) is 13.3 Å². The van der Waals surface area contributed by atoms with E-state index in [2.05, 4.69) is 15.4 Å². The predicted molar refractivity (Wildman–Crippen MR) is 45.7 cm³/mol. The number of nitrogens with zero attached hydrogens (tertiary/aromatic N) is 2. The van der Waals surface area contributed by atoms with Crippen molar-refractivity contribution in [2.45, 2.75) is 13.3 Å². The first-order valence-electron chi connectivity index (χ1n) is 3.31. The molecule has 7 N–H and O–H groups in total. The first-order valence-corrected chi connectivity index (χ1v) is 3.31. The fourth-order valence-corrected chi connectivity index (χ4v) is 0.435. The quantitative estimate of drug-likeness (QED) is 0.169. The van der Waals surface area contributed by atoms with Crippen LogP contribution < -0.4 is 22.6 Å². The summed E-state index contributed by atoms with van der Waals surface area (Å²) in [4.78, 5) is 3.90. The van der Waals surface area contributed by atoms with Gasteiger partial charge in [0.25, 0.3) is 0 Å². The number of rotatable bonds is 2. The zero-order chi connectivity index (χ0) is 8.69. The maximum absolute atomic E-state index is 5.36. The molecule has 64 valence electrons. The molecule has 0 aromatic carbocycles. The lowest BCUT2D eigenvalue weighted by Gasteiger charge is -2.01. The Bertz CT molecular complexity index is 160. The van der Waals surface area contributed by atoms with Crippen molar-refractivity contribution >= 4 is 11.9 Å². The van der Waals surface area contributed by atoms with Crippen LogP contribution in [-0.4, -0.2) is 18.5 Å². The van der Waals surface area contributed by atoms with Crippen molar-refractivity contribution < 1.29 is 0 Å². The molecule has 0 aliphatic rings. The number of guanidine groups is 2. The SMILES string of the molecule is CCCN=C(N)NC(N)=NN. The van der Waals surface area contributed by atoms with Crippen LogP contribution in [0.15, 0.2) is 10.1 Å². The minimum absolute atomic E-state index is 0.0577. The maximum Gasteiger partial charge on any atom is 0.217 e. The molecule has 0 aliphatic carbocycles. The topological polar surface area (TPSA) is 115 Å². The van der Waals surface area contributed by atoms with E-state index in [1.54, 1.807) is 0 Å². The summed E-state index contributed by atoms with van der Waals surface area (Å²) in [6.45, 7) is 2.66. The smallest absolute Gasteiger partial charge is 0.217 e. The summed E-state index contributed by atoms with van der Waals surface area (Å²) in [6.07, 6.45) is 0.933. The molecule has 0 spiro atoms. The molecule has 0 aromatic heterocycles. The van der Waals surface area contributed by atoms with E-state index in [1.807, 2.05) is 6.92 Å². The van der Waals surface area contributed by atoms with E-state index >= 15 is 0 Å². The molecule has 0 rings (SSSR count). The molecule has 0 saturated heterocycles. The first-order chi connectivity index (χ1) is 5.20. The van der Waals surface area contributed by atoms with Crippen molar-refractivity contribution in [3.05, 3.63) is 0 Å². The molecule has 0 bridgehead atoms. The molecule has 0 radical (unpaired) electrons. The Morgan fingerprint density at radius 1 is 1.36 bits per heavy atom. The Hall–Kier alpha value is -1.46. The number of hydrazone groups is 1. The molecule has 0 amide bonds. The van der Waals surface area contributed by atoms with Crippen LogP contribution in [0.25, 0.3) is 0 Å². The van der Waals surface area contributed by atoms with Crippen molar-refractivity contribution in [2.75, 3.05) is 6.54 Å². The largest absolute Gasteiger partial charge is 0.370 e. The fraction of sp³-hybridized carbons (Fsp3) is 0.600. The zero-order valence-corrected chi connectivity index (χ0v) is 6.54. The van der Waals surface area contributed by atoms with Gasteiger partial charge >= 0.3 is 0 Å². The first kappa shape index (κ1) is 9.54. The Labute approximate surface area is 65.5 Å². The van der Waals surface area contributed by atoms with Gasteiger partial charge in [-0.1, -0.05) is 6.92 Å². The predicted octanol–water partition coefficient (Wildman–Crippen LogP) is -1.51. The second-order valence-electron chi connectivity index (χ2n) is 1.91. The van der Waals surface area contributed by atoms with E-state index in [9.17, 15) is 0 Å². The van der Waals surface area contributed by atoms with Gasteiger partial charge in [-0.05, 0) is 6.42 Å². The third kappa shape index (κ3) is 5.01. The monoisotopic (exact) mass is 158 g/mol. The van der Waals surface area contributed by atoms with Crippen molar-refractivity contribution in [2.24, 2.45) is 27.4 Å². The second-order valence-corrected chi connectivity index (χ2v) is 1.91. The summed E-state index contributed by atoms with van der Waals surface area (Å²) < 4.78 is 0. The summed E-state index contributed by atoms with van der Waals surface area (Å²) in [5, 5.41) is 5.65. The molecule has 11 heavy (non-hydrogen) atoms. The third-order valence-electron chi connectivity index (χ3n) is 0.901. The molecule has 6 nitrogen and oxygen atoms in total. The summed E-state index contributed by atoms with van der Waals surface area (Å²) in [6, 6.07) is 0. The minimum Gasteiger partial charge on any atom is -0.370 e. The Morgan fingerprint density at radius 3 is 2.45 bits per heavy atom. The average Bonchev–Trinajstić information content (AvgIpc) is 2.00. The zero-order valence-electron chi connectivity index (χ0n) is 6.54. The standard InChI is InChI=1S/C5H14N6/c1-2-3-9-4(6)10-5(7)11-8/h2-3,8H2,1H3,(H5,6,7,9,10,11). The van der Waals surface area contributed by atoms with Crippen LogP contribution in [0.3, 0.4) is 0 Å². The van der Waals surface area contributed by atoms with Crippen molar-refractivity contribution in [1.82, 2.24) is 5.32 Å². The minimum atomic E-state index is 0.0577. The van der Waals surface area contributed by atoms with Crippen LogP contribution in [0.5, 0.6) is 0 Å². The van der Waals surface area contributed by atoms with Crippen molar-refractivity contribution in [3.8, 4) is 0 Å². The molecule has 0 aromatic rings. The molecular formula is C5H14N6. The van der Waals surface area contributed by atoms with Gasteiger partial charge in [0.05, 0.1) is 0 Å². The van der Waals surface area contributed by atoms with Gasteiger partial charge in [-0.15, -0.1) is 5.10 Å². The number of hydrogen-bond donors (Lipinski definition) is 4. The van der Waals surface area contributed by atoms with Gasteiger partial charge in [0.15, 0.2) is 5.96 Å². The molecule has 0 fully saturated rings. The lowest BCUT2D eigenvalue weighted by Crippen LogP contribution is -2.42. The number of hydrogen-bond acceptors (Lipinski definition) is 3. The van der Waals surface area contributed by atoms with Crippen LogP contribution >= 0.6 is 0 Å². The van der Waals surface area contributed by atoms with Crippen LogP contribution in [-0.2, 0) is 0 Å². The van der Waals surface area contributed by atoms with E-state index in [1.165, 1.54) is 0 Å². The molecule has 0 unspecified atom stereocenters. The van der Waals surface area contributed by atoms with Gasteiger partial charge in [0.1, 0.15) is 0 Å². The summed E-state index contributed by atoms with van der Waals surface area (Å²) in [7, 11) is 0. The van der Waals surface area contributed by atoms with Crippen molar-refractivity contribution in [3.63, 3.8) is 0 Å². The molecule has 0 saturated carbocycles. The third-order valence-corrected chi connectivity index (χ3v) is 0.901. The highest BCUT2D eigenvalue weighted by atomic mass is 15.3. The van der Waals surface area contributed by atoms with Gasteiger partial charge in [-0.25, -0.2) is 0 Å². The fourth-order valence-electron chi connectivity index (χ4n) is 0.435. The van der Waals surface area contributed by atoms with Gasteiger partial charge in [-0.2, -0.15) is 0 Å². The highest BCUT2D eigenvalue weighted by Gasteiger charge is 1.91. The Morgan fingerprint density at radius 2 is 2.00 bits per heavy atom. The average molecular weight is 158 g/mol. The second kappa shape index (κ2) is 5.33. The molecule has 6 heteroatoms. The molecule has 0 aliphatic heterocycles. The normalized spacial score (nSPS) is 13.2. The van der Waals surface area contributed by atoms with E-state index in [0.717, 1.165) is 6.42 Å². The van der Waals surface area contributed by atoms with Gasteiger partial charge in [0, 0.05) is 6.54 Å². The number of aliphatic imine (C=N–C) groups is 1. The summed E-state index contributed by atoms with van der Waals surface area (Å²) in [5.41, 5.74) is 10.6. The highest BCUT2D eigenvalue weighted by molar-refractivity contribution is 5.96. The van der Waals surface area contributed by atoms with Gasteiger partial charge < -0.3 is 17.3 Å². The Balaban J connectivity index is 3.76. The van der Waals surface area contributed by atoms with Crippen LogP contribution in [0, 0.1) is 0 Å². The summed E-state index contributed by atoms with van der Waals surface area (Å²) >= 11 is 0. The van der Waals surface area contributed by atoms with Gasteiger partial charge in [0.2, 0.25) is 5.96 Å². The molecular weight excluding hydrogens is 144 g/mol.